The number of nitrogens with one attached hydrogen (secondary N) is 1. The summed E-state index contributed by atoms with van der Waals surface area (Å²) in [4.78, 5) is 8.10. The summed E-state index contributed by atoms with van der Waals surface area (Å²) < 4.78 is 10.4. The van der Waals surface area contributed by atoms with Gasteiger partial charge in [-0.25, -0.2) is 4.98 Å². The molecule has 0 aliphatic carbocycles. The van der Waals surface area contributed by atoms with E-state index in [1.807, 2.05) is 6.20 Å². The highest BCUT2D eigenvalue weighted by Crippen LogP contribution is 2.25. The summed E-state index contributed by atoms with van der Waals surface area (Å²) in [6.45, 7) is 7.18. The van der Waals surface area contributed by atoms with Gasteiger partial charge in [-0.2, -0.15) is 0 Å². The molecule has 0 spiro atoms. The zero-order chi connectivity index (χ0) is 12.8. The molecule has 1 fully saturated rings. The lowest BCUT2D eigenvalue weighted by Crippen LogP contribution is -2.43. The van der Waals surface area contributed by atoms with Crippen molar-refractivity contribution in [3.8, 4) is 0 Å². The Bertz CT molecular complexity index is 359. The molecule has 5 nitrogen and oxygen atoms in total. The molecule has 2 rings (SSSR count). The van der Waals surface area contributed by atoms with E-state index in [4.69, 9.17) is 9.47 Å². The molecule has 1 aromatic heterocycles. The van der Waals surface area contributed by atoms with Gasteiger partial charge >= 0.3 is 0 Å². The van der Waals surface area contributed by atoms with Crippen molar-refractivity contribution in [3.63, 3.8) is 0 Å². The van der Waals surface area contributed by atoms with Crippen molar-refractivity contribution in [3.05, 3.63) is 11.1 Å². The average Bonchev–Trinajstić information content (AvgIpc) is 2.84. The summed E-state index contributed by atoms with van der Waals surface area (Å²) in [5.41, 5.74) is 0. The van der Waals surface area contributed by atoms with Crippen LogP contribution in [-0.4, -0.2) is 51.0 Å². The van der Waals surface area contributed by atoms with E-state index in [9.17, 15) is 0 Å². The fourth-order valence-corrected chi connectivity index (χ4v) is 2.92. The highest BCUT2D eigenvalue weighted by Gasteiger charge is 2.21. The van der Waals surface area contributed by atoms with Gasteiger partial charge in [-0.1, -0.05) is 0 Å². The zero-order valence-corrected chi connectivity index (χ0v) is 11.8. The number of morpholine rings is 1. The van der Waals surface area contributed by atoms with Crippen LogP contribution in [0.25, 0.3) is 0 Å². The minimum Gasteiger partial charge on any atom is -0.383 e. The quantitative estimate of drug-likeness (QED) is 0.785. The van der Waals surface area contributed by atoms with Crippen molar-refractivity contribution in [2.24, 2.45) is 0 Å². The monoisotopic (exact) mass is 271 g/mol. The van der Waals surface area contributed by atoms with Gasteiger partial charge in [0.25, 0.3) is 0 Å². The highest BCUT2D eigenvalue weighted by atomic mass is 32.1. The third-order valence-electron chi connectivity index (χ3n) is 2.94. The van der Waals surface area contributed by atoms with E-state index < -0.39 is 0 Å². The number of rotatable bonds is 6. The highest BCUT2D eigenvalue weighted by molar-refractivity contribution is 7.15. The Morgan fingerprint density at radius 2 is 2.56 bits per heavy atom. The first kappa shape index (κ1) is 13.7. The van der Waals surface area contributed by atoms with Crippen LogP contribution in [0.4, 0.5) is 5.13 Å². The van der Waals surface area contributed by atoms with Crippen LogP contribution >= 0.6 is 11.3 Å². The fourth-order valence-electron chi connectivity index (χ4n) is 1.91. The predicted octanol–water partition coefficient (Wildman–Crippen LogP) is 1.10. The summed E-state index contributed by atoms with van der Waals surface area (Å²) in [6, 6.07) is 0.416. The molecule has 0 amide bonds. The topological polar surface area (TPSA) is 46.6 Å². The van der Waals surface area contributed by atoms with Crippen LogP contribution in [0.2, 0.25) is 0 Å². The van der Waals surface area contributed by atoms with Gasteiger partial charge in [-0.15, -0.1) is 11.3 Å². The van der Waals surface area contributed by atoms with Crippen LogP contribution in [0.1, 0.15) is 11.8 Å². The minimum atomic E-state index is 0.416. The lowest BCUT2D eigenvalue weighted by Gasteiger charge is -2.32. The van der Waals surface area contributed by atoms with Gasteiger partial charge in [0.2, 0.25) is 0 Å². The first-order chi connectivity index (χ1) is 8.81. The molecule has 0 saturated carbocycles. The number of hydrogen-bond donors (Lipinski definition) is 1. The fraction of sp³-hybridized carbons (Fsp3) is 0.750. The third kappa shape index (κ3) is 3.65. The SMILES string of the molecule is COCCNCc1cnc(N2CCOCC2C)s1. The molecular weight excluding hydrogens is 250 g/mol. The first-order valence-corrected chi connectivity index (χ1v) is 7.11. The van der Waals surface area contributed by atoms with E-state index >= 15 is 0 Å². The Labute approximate surface area is 112 Å². The van der Waals surface area contributed by atoms with Crippen molar-refractivity contribution in [2.75, 3.05) is 44.9 Å². The largest absolute Gasteiger partial charge is 0.383 e. The van der Waals surface area contributed by atoms with Crippen molar-refractivity contribution in [1.82, 2.24) is 10.3 Å². The normalized spacial score (nSPS) is 20.3. The Kier molecular flexibility index (Phi) is 5.37. The number of anilines is 1. The first-order valence-electron chi connectivity index (χ1n) is 6.30. The molecule has 1 N–H and O–H groups in total. The third-order valence-corrected chi connectivity index (χ3v) is 3.97. The molecule has 1 saturated heterocycles. The molecule has 0 bridgehead atoms. The molecule has 102 valence electrons. The molecule has 0 aromatic carbocycles. The summed E-state index contributed by atoms with van der Waals surface area (Å²) in [5.74, 6) is 0. The molecule has 2 heterocycles. The standard InChI is InChI=1S/C12H21N3O2S/c1-10-9-17-6-4-15(10)12-14-8-11(18-12)7-13-3-5-16-2/h8,10,13H,3-7,9H2,1-2H3. The maximum absolute atomic E-state index is 5.44. The van der Waals surface area contributed by atoms with E-state index in [1.54, 1.807) is 18.4 Å². The van der Waals surface area contributed by atoms with Crippen molar-refractivity contribution in [1.29, 1.82) is 0 Å². The lowest BCUT2D eigenvalue weighted by atomic mass is 10.3. The molecule has 1 unspecified atom stereocenters. The Hall–Kier alpha value is -0.690. The molecule has 18 heavy (non-hydrogen) atoms. The molecule has 1 aliphatic rings. The second-order valence-electron chi connectivity index (χ2n) is 4.40. The lowest BCUT2D eigenvalue weighted by molar-refractivity contribution is 0.0989. The van der Waals surface area contributed by atoms with Crippen molar-refractivity contribution in [2.45, 2.75) is 19.5 Å². The van der Waals surface area contributed by atoms with Crippen LogP contribution in [0.3, 0.4) is 0 Å². The van der Waals surface area contributed by atoms with E-state index in [0.717, 1.165) is 44.6 Å². The van der Waals surface area contributed by atoms with Crippen LogP contribution in [-0.2, 0) is 16.0 Å². The summed E-state index contributed by atoms with van der Waals surface area (Å²) in [6.07, 6.45) is 1.96. The number of nitrogens with zero attached hydrogens (tertiary/aromatic N) is 2. The second-order valence-corrected chi connectivity index (χ2v) is 5.49. The smallest absolute Gasteiger partial charge is 0.185 e. The molecule has 1 atom stereocenters. The average molecular weight is 271 g/mol. The van der Waals surface area contributed by atoms with Gasteiger partial charge in [0.1, 0.15) is 0 Å². The second kappa shape index (κ2) is 7.04. The number of aromatic nitrogens is 1. The number of methoxy groups -OCH3 is 1. The maximum atomic E-state index is 5.44. The van der Waals surface area contributed by atoms with Crippen LogP contribution in [0.5, 0.6) is 0 Å². The molecule has 1 aliphatic heterocycles. The van der Waals surface area contributed by atoms with Gasteiger partial charge < -0.3 is 19.7 Å². The number of thiazole rings is 1. The summed E-state index contributed by atoms with van der Waals surface area (Å²) in [5, 5.41) is 4.44. The van der Waals surface area contributed by atoms with E-state index in [1.165, 1.54) is 4.88 Å². The van der Waals surface area contributed by atoms with Crippen molar-refractivity contribution >= 4 is 16.5 Å². The van der Waals surface area contributed by atoms with Gasteiger partial charge in [0.05, 0.1) is 25.9 Å². The Morgan fingerprint density at radius 3 is 3.33 bits per heavy atom. The number of ether oxygens (including phenoxy) is 2. The van der Waals surface area contributed by atoms with E-state index in [0.29, 0.717) is 6.04 Å². The molecular formula is C12H21N3O2S. The van der Waals surface area contributed by atoms with Gasteiger partial charge in [-0.05, 0) is 6.92 Å². The number of hydrogen-bond acceptors (Lipinski definition) is 6. The van der Waals surface area contributed by atoms with Gasteiger partial charge in [0, 0.05) is 37.8 Å². The van der Waals surface area contributed by atoms with Crippen LogP contribution in [0, 0.1) is 0 Å². The van der Waals surface area contributed by atoms with Gasteiger partial charge in [-0.3, -0.25) is 0 Å². The molecule has 6 heteroatoms. The summed E-state index contributed by atoms with van der Waals surface area (Å²) in [7, 11) is 1.71. The Morgan fingerprint density at radius 1 is 1.67 bits per heavy atom. The van der Waals surface area contributed by atoms with E-state index in [-0.39, 0.29) is 0 Å². The van der Waals surface area contributed by atoms with Crippen LogP contribution in [0.15, 0.2) is 6.20 Å². The van der Waals surface area contributed by atoms with Crippen LogP contribution < -0.4 is 10.2 Å². The minimum absolute atomic E-state index is 0.416. The Balaban J connectivity index is 1.85. The summed E-state index contributed by atoms with van der Waals surface area (Å²) >= 11 is 1.76. The maximum Gasteiger partial charge on any atom is 0.185 e. The zero-order valence-electron chi connectivity index (χ0n) is 11.0. The molecule has 0 radical (unpaired) electrons. The van der Waals surface area contributed by atoms with Gasteiger partial charge in [0.15, 0.2) is 5.13 Å². The predicted molar refractivity (Wildman–Crippen MR) is 73.3 cm³/mol. The van der Waals surface area contributed by atoms with E-state index in [2.05, 4.69) is 22.1 Å². The molecule has 1 aromatic rings. The van der Waals surface area contributed by atoms with Crippen molar-refractivity contribution < 1.29 is 9.47 Å².